The number of carbonyl (C=O) groups excluding carboxylic acids is 2. The van der Waals surface area contributed by atoms with Crippen LogP contribution in [0.3, 0.4) is 0 Å². The number of aryl methyl sites for hydroxylation is 2. The molecule has 1 N–H and O–H groups in total. The summed E-state index contributed by atoms with van der Waals surface area (Å²) in [5.74, 6) is -0.677. The SMILES string of the molecule is Cc1ccc(C)c(NC(=O)[C@@H](OC(=O)C2CCC2)c2ccccc2)c1. The van der Waals surface area contributed by atoms with E-state index >= 15 is 0 Å². The maximum atomic E-state index is 12.9. The molecule has 1 amide bonds. The summed E-state index contributed by atoms with van der Waals surface area (Å²) in [4.78, 5) is 25.1. The molecule has 130 valence electrons. The molecule has 1 saturated carbocycles. The minimum atomic E-state index is -0.936. The monoisotopic (exact) mass is 337 g/mol. The van der Waals surface area contributed by atoms with Gasteiger partial charge in [-0.1, -0.05) is 48.9 Å². The van der Waals surface area contributed by atoms with Gasteiger partial charge in [-0.05, 0) is 43.9 Å². The lowest BCUT2D eigenvalue weighted by atomic mass is 9.85. The van der Waals surface area contributed by atoms with Gasteiger partial charge in [-0.2, -0.15) is 0 Å². The summed E-state index contributed by atoms with van der Waals surface area (Å²) in [5.41, 5.74) is 3.45. The highest BCUT2D eigenvalue weighted by atomic mass is 16.5. The molecular weight excluding hydrogens is 314 g/mol. The van der Waals surface area contributed by atoms with Crippen molar-refractivity contribution in [1.82, 2.24) is 0 Å². The van der Waals surface area contributed by atoms with E-state index in [2.05, 4.69) is 5.32 Å². The highest BCUT2D eigenvalue weighted by molar-refractivity contribution is 5.96. The van der Waals surface area contributed by atoms with Crippen LogP contribution in [0.4, 0.5) is 5.69 Å². The molecule has 2 aromatic carbocycles. The first-order valence-electron chi connectivity index (χ1n) is 8.68. The zero-order valence-electron chi connectivity index (χ0n) is 14.6. The molecule has 25 heavy (non-hydrogen) atoms. The maximum absolute atomic E-state index is 12.9. The Labute approximate surface area is 148 Å². The Hall–Kier alpha value is -2.62. The lowest BCUT2D eigenvalue weighted by Gasteiger charge is -2.26. The second-order valence-corrected chi connectivity index (χ2v) is 6.66. The van der Waals surface area contributed by atoms with Crippen LogP contribution in [0.2, 0.25) is 0 Å². The molecule has 0 radical (unpaired) electrons. The van der Waals surface area contributed by atoms with Gasteiger partial charge in [0.2, 0.25) is 6.10 Å². The molecule has 0 aliphatic heterocycles. The number of nitrogens with one attached hydrogen (secondary N) is 1. The van der Waals surface area contributed by atoms with Crippen molar-refractivity contribution in [3.63, 3.8) is 0 Å². The number of benzene rings is 2. The van der Waals surface area contributed by atoms with Crippen molar-refractivity contribution in [1.29, 1.82) is 0 Å². The Morgan fingerprint density at radius 1 is 1.08 bits per heavy atom. The number of hydrogen-bond acceptors (Lipinski definition) is 3. The van der Waals surface area contributed by atoms with Gasteiger partial charge in [-0.15, -0.1) is 0 Å². The Kier molecular flexibility index (Phi) is 5.17. The third kappa shape index (κ3) is 4.08. The Bertz CT molecular complexity index is 766. The average Bonchev–Trinajstić information content (AvgIpc) is 2.55. The summed E-state index contributed by atoms with van der Waals surface area (Å²) in [6.07, 6.45) is 1.80. The summed E-state index contributed by atoms with van der Waals surface area (Å²) in [6.45, 7) is 3.91. The third-order valence-corrected chi connectivity index (χ3v) is 4.66. The van der Waals surface area contributed by atoms with Gasteiger partial charge in [0, 0.05) is 11.3 Å². The molecule has 1 atom stereocenters. The van der Waals surface area contributed by atoms with Crippen molar-refractivity contribution >= 4 is 17.6 Å². The molecule has 0 spiro atoms. The van der Waals surface area contributed by atoms with E-state index in [0.717, 1.165) is 36.1 Å². The number of rotatable bonds is 5. The van der Waals surface area contributed by atoms with E-state index in [4.69, 9.17) is 4.74 Å². The first-order chi connectivity index (χ1) is 12.0. The molecule has 0 unspecified atom stereocenters. The van der Waals surface area contributed by atoms with E-state index in [0.29, 0.717) is 5.56 Å². The molecule has 0 saturated heterocycles. The molecule has 4 nitrogen and oxygen atoms in total. The van der Waals surface area contributed by atoms with Crippen molar-refractivity contribution in [2.45, 2.75) is 39.2 Å². The highest BCUT2D eigenvalue weighted by Gasteiger charge is 2.32. The lowest BCUT2D eigenvalue weighted by Crippen LogP contribution is -2.31. The number of ether oxygens (including phenoxy) is 1. The first kappa shape index (κ1) is 17.2. The molecule has 4 heteroatoms. The largest absolute Gasteiger partial charge is 0.447 e. The summed E-state index contributed by atoms with van der Waals surface area (Å²) in [7, 11) is 0. The van der Waals surface area contributed by atoms with Gasteiger partial charge in [0.1, 0.15) is 0 Å². The molecule has 1 aliphatic rings. The number of amides is 1. The van der Waals surface area contributed by atoms with Gasteiger partial charge in [-0.3, -0.25) is 9.59 Å². The predicted molar refractivity (Wildman–Crippen MR) is 97.2 cm³/mol. The van der Waals surface area contributed by atoms with E-state index in [9.17, 15) is 9.59 Å². The van der Waals surface area contributed by atoms with Gasteiger partial charge in [0.25, 0.3) is 5.91 Å². The number of esters is 1. The summed E-state index contributed by atoms with van der Waals surface area (Å²) in [5, 5.41) is 2.91. The Balaban J connectivity index is 1.81. The zero-order chi connectivity index (χ0) is 17.8. The topological polar surface area (TPSA) is 55.4 Å². The van der Waals surface area contributed by atoms with Crippen LogP contribution in [0, 0.1) is 19.8 Å². The second-order valence-electron chi connectivity index (χ2n) is 6.66. The quantitative estimate of drug-likeness (QED) is 0.826. The minimum Gasteiger partial charge on any atom is -0.447 e. The minimum absolute atomic E-state index is 0.0697. The lowest BCUT2D eigenvalue weighted by molar-refractivity contribution is -0.161. The fourth-order valence-corrected chi connectivity index (χ4v) is 2.83. The molecule has 0 aromatic heterocycles. The van der Waals surface area contributed by atoms with Gasteiger partial charge in [0.05, 0.1) is 5.92 Å². The van der Waals surface area contributed by atoms with Crippen molar-refractivity contribution < 1.29 is 14.3 Å². The third-order valence-electron chi connectivity index (χ3n) is 4.66. The normalized spacial score (nSPS) is 15.1. The molecule has 0 heterocycles. The molecule has 1 fully saturated rings. The smallest absolute Gasteiger partial charge is 0.310 e. The Morgan fingerprint density at radius 3 is 2.44 bits per heavy atom. The van der Waals surface area contributed by atoms with Crippen LogP contribution in [0.15, 0.2) is 48.5 Å². The maximum Gasteiger partial charge on any atom is 0.310 e. The summed E-state index contributed by atoms with van der Waals surface area (Å²) < 4.78 is 5.59. The van der Waals surface area contributed by atoms with Crippen LogP contribution in [0.25, 0.3) is 0 Å². The Morgan fingerprint density at radius 2 is 1.80 bits per heavy atom. The molecule has 2 aromatic rings. The number of carbonyl (C=O) groups is 2. The van der Waals surface area contributed by atoms with E-state index in [-0.39, 0.29) is 17.8 Å². The van der Waals surface area contributed by atoms with Crippen molar-refractivity contribution in [3.05, 3.63) is 65.2 Å². The average molecular weight is 337 g/mol. The standard InChI is InChI=1S/C21H23NO3/c1-14-11-12-15(2)18(13-14)22-20(23)19(16-7-4-3-5-8-16)25-21(24)17-9-6-10-17/h3-5,7-8,11-13,17,19H,6,9-10H2,1-2H3,(H,22,23)/t19-/m0/s1. The number of hydrogen-bond donors (Lipinski definition) is 1. The van der Waals surface area contributed by atoms with Crippen LogP contribution in [0.1, 0.15) is 42.1 Å². The van der Waals surface area contributed by atoms with Crippen molar-refractivity contribution in [2.24, 2.45) is 5.92 Å². The fraction of sp³-hybridized carbons (Fsp3) is 0.333. The van der Waals surface area contributed by atoms with Crippen molar-refractivity contribution in [2.75, 3.05) is 5.32 Å². The van der Waals surface area contributed by atoms with E-state index in [1.165, 1.54) is 0 Å². The molecule has 0 bridgehead atoms. The van der Waals surface area contributed by atoms with Crippen LogP contribution < -0.4 is 5.32 Å². The number of anilines is 1. The van der Waals surface area contributed by atoms with Crippen LogP contribution >= 0.6 is 0 Å². The van der Waals surface area contributed by atoms with Gasteiger partial charge >= 0.3 is 5.97 Å². The first-order valence-corrected chi connectivity index (χ1v) is 8.68. The molecular formula is C21H23NO3. The highest BCUT2D eigenvalue weighted by Crippen LogP contribution is 2.30. The van der Waals surface area contributed by atoms with E-state index in [1.807, 2.05) is 50.2 Å². The van der Waals surface area contributed by atoms with Crippen molar-refractivity contribution in [3.8, 4) is 0 Å². The van der Waals surface area contributed by atoms with E-state index in [1.54, 1.807) is 12.1 Å². The fourth-order valence-electron chi connectivity index (χ4n) is 2.83. The zero-order valence-corrected chi connectivity index (χ0v) is 14.6. The van der Waals surface area contributed by atoms with E-state index < -0.39 is 6.10 Å². The summed E-state index contributed by atoms with van der Waals surface area (Å²) >= 11 is 0. The van der Waals surface area contributed by atoms with Crippen LogP contribution in [-0.2, 0) is 14.3 Å². The second kappa shape index (κ2) is 7.51. The molecule has 3 rings (SSSR count). The molecule has 1 aliphatic carbocycles. The van der Waals surface area contributed by atoms with Crippen LogP contribution in [0.5, 0.6) is 0 Å². The summed E-state index contributed by atoms with van der Waals surface area (Å²) in [6, 6.07) is 15.0. The van der Waals surface area contributed by atoms with Gasteiger partial charge in [0.15, 0.2) is 0 Å². The van der Waals surface area contributed by atoms with Gasteiger partial charge in [-0.25, -0.2) is 0 Å². The van der Waals surface area contributed by atoms with Gasteiger partial charge < -0.3 is 10.1 Å². The van der Waals surface area contributed by atoms with Crippen LogP contribution in [-0.4, -0.2) is 11.9 Å². The predicted octanol–water partition coefficient (Wildman–Crippen LogP) is 4.33.